The van der Waals surface area contributed by atoms with Crippen molar-refractivity contribution in [2.24, 2.45) is 11.3 Å². The molecule has 0 aliphatic rings. The first-order chi connectivity index (χ1) is 34.4. The number of hydrogen-bond acceptors (Lipinski definition) is 4. The Morgan fingerprint density at radius 3 is 2.01 bits per heavy atom. The zero-order valence-electron chi connectivity index (χ0n) is 44.5. The van der Waals surface area contributed by atoms with Gasteiger partial charge in [-0.05, 0) is 117 Å². The summed E-state index contributed by atoms with van der Waals surface area (Å²) in [6, 6.07) is 56.3. The summed E-state index contributed by atoms with van der Waals surface area (Å²) in [5.41, 5.74) is 17.8. The van der Waals surface area contributed by atoms with Gasteiger partial charge in [0.1, 0.15) is 11.2 Å². The quantitative estimate of drug-likeness (QED) is 0.101. The van der Waals surface area contributed by atoms with Gasteiger partial charge in [-0.15, -0.1) is 42.0 Å². The maximum atomic E-state index is 6.30. The number of benzene rings is 7. The Morgan fingerprint density at radius 2 is 1.32 bits per heavy atom. The Hall–Kier alpha value is -6.37. The SMILES string of the molecule is CC(C)Cc1cc(-c2[c-]ccc3c2oc2ccccc23)ncc1[Si](C)(C)C.CC(C)c1cc(-c2ccccc2)cc(C(C)C)c1-n1c(-c2[c-]cc3oc4ccc(CC(C)(C)C)cc4c3c2)nc2ccccc21.[Ir]. The topological polar surface area (TPSA) is 57.0 Å². The summed E-state index contributed by atoms with van der Waals surface area (Å²) in [7, 11) is -1.44. The van der Waals surface area contributed by atoms with Crippen molar-refractivity contribution in [2.45, 2.75) is 107 Å². The molecule has 11 aromatic rings. The molecule has 0 saturated carbocycles. The number of nitrogens with zero attached hydrogens (tertiary/aromatic N) is 3. The molecule has 5 nitrogen and oxygen atoms in total. The van der Waals surface area contributed by atoms with Crippen molar-refractivity contribution in [2.75, 3.05) is 0 Å². The summed E-state index contributed by atoms with van der Waals surface area (Å²) in [4.78, 5) is 10.1. The van der Waals surface area contributed by atoms with Gasteiger partial charge in [0.15, 0.2) is 0 Å². The third kappa shape index (κ3) is 10.4. The summed E-state index contributed by atoms with van der Waals surface area (Å²) in [5, 5.41) is 5.96. The number of aromatic nitrogens is 3. The Balaban J connectivity index is 0.000000200. The van der Waals surface area contributed by atoms with Gasteiger partial charge in [0.25, 0.3) is 0 Å². The van der Waals surface area contributed by atoms with Crippen LogP contribution in [0.5, 0.6) is 0 Å². The van der Waals surface area contributed by atoms with E-state index >= 15 is 0 Å². The minimum Gasteiger partial charge on any atom is -0.501 e. The van der Waals surface area contributed by atoms with Crippen molar-refractivity contribution < 1.29 is 28.9 Å². The summed E-state index contributed by atoms with van der Waals surface area (Å²) in [5.74, 6) is 2.12. The molecule has 373 valence electrons. The fraction of sp³-hybridized carbons (Fsp3) is 0.273. The Bertz CT molecular complexity index is 3740. The fourth-order valence-corrected chi connectivity index (χ4v) is 12.1. The summed E-state index contributed by atoms with van der Waals surface area (Å²) < 4.78 is 14.9. The van der Waals surface area contributed by atoms with Crippen molar-refractivity contribution in [1.82, 2.24) is 14.5 Å². The molecule has 0 unspecified atom stereocenters. The van der Waals surface area contributed by atoms with Crippen LogP contribution in [0.1, 0.15) is 96.4 Å². The zero-order valence-corrected chi connectivity index (χ0v) is 47.9. The second kappa shape index (κ2) is 20.5. The van der Waals surface area contributed by atoms with Crippen LogP contribution in [0.2, 0.25) is 19.6 Å². The van der Waals surface area contributed by atoms with Crippen LogP contribution in [0.3, 0.4) is 0 Å². The molecule has 0 saturated heterocycles. The van der Waals surface area contributed by atoms with E-state index in [9.17, 15) is 0 Å². The Labute approximate surface area is 446 Å². The maximum absolute atomic E-state index is 6.30. The van der Waals surface area contributed by atoms with Crippen LogP contribution in [0.15, 0.2) is 155 Å². The van der Waals surface area contributed by atoms with Crippen molar-refractivity contribution in [3.8, 4) is 39.5 Å². The third-order valence-electron chi connectivity index (χ3n) is 13.8. The number of imidazole rings is 1. The molecule has 0 aliphatic carbocycles. The van der Waals surface area contributed by atoms with Crippen molar-refractivity contribution in [3.63, 3.8) is 0 Å². The van der Waals surface area contributed by atoms with Crippen LogP contribution < -0.4 is 5.19 Å². The van der Waals surface area contributed by atoms with Crippen LogP contribution in [0, 0.1) is 23.5 Å². The van der Waals surface area contributed by atoms with E-state index in [0.29, 0.717) is 17.8 Å². The molecule has 0 fully saturated rings. The van der Waals surface area contributed by atoms with E-state index in [1.165, 1.54) is 44.3 Å². The van der Waals surface area contributed by atoms with Gasteiger partial charge >= 0.3 is 0 Å². The van der Waals surface area contributed by atoms with E-state index in [1.54, 1.807) is 0 Å². The average Bonchev–Trinajstić information content (AvgIpc) is 4.04. The molecule has 0 amide bonds. The van der Waals surface area contributed by atoms with Gasteiger partial charge in [0, 0.05) is 42.8 Å². The molecule has 0 aliphatic heterocycles. The van der Waals surface area contributed by atoms with E-state index in [1.807, 2.05) is 24.3 Å². The van der Waals surface area contributed by atoms with E-state index in [-0.39, 0.29) is 25.5 Å². The number of furan rings is 2. The molecule has 0 spiro atoms. The number of rotatable bonds is 10. The van der Waals surface area contributed by atoms with E-state index in [2.05, 4.69) is 220 Å². The van der Waals surface area contributed by atoms with Gasteiger partial charge in [0.2, 0.25) is 0 Å². The summed E-state index contributed by atoms with van der Waals surface area (Å²) in [6.07, 6.45) is 4.19. The predicted molar refractivity (Wildman–Crippen MR) is 307 cm³/mol. The minimum atomic E-state index is -1.44. The van der Waals surface area contributed by atoms with Crippen molar-refractivity contribution in [3.05, 3.63) is 180 Å². The molecular weight excluding hydrogens is 1090 g/mol. The smallest absolute Gasteiger partial charge is 0.120 e. The van der Waals surface area contributed by atoms with E-state index in [0.717, 1.165) is 90.4 Å². The molecule has 11 rings (SSSR count). The predicted octanol–water partition coefficient (Wildman–Crippen LogP) is 18.1. The molecule has 4 aromatic heterocycles. The zero-order chi connectivity index (χ0) is 50.6. The first-order valence-electron chi connectivity index (χ1n) is 25.8. The second-order valence-electron chi connectivity index (χ2n) is 23.0. The molecule has 0 bridgehead atoms. The van der Waals surface area contributed by atoms with Gasteiger partial charge in [-0.3, -0.25) is 4.98 Å². The number of fused-ring (bicyclic) bond motifs is 7. The first-order valence-corrected chi connectivity index (χ1v) is 29.3. The first kappa shape index (κ1) is 51.5. The van der Waals surface area contributed by atoms with Gasteiger partial charge in [-0.25, -0.2) is 0 Å². The summed E-state index contributed by atoms with van der Waals surface area (Å²) >= 11 is 0. The van der Waals surface area contributed by atoms with Gasteiger partial charge in [0.05, 0.1) is 36.1 Å². The number of hydrogen-bond donors (Lipinski definition) is 0. The van der Waals surface area contributed by atoms with E-state index in [4.69, 9.17) is 18.8 Å². The normalized spacial score (nSPS) is 12.2. The van der Waals surface area contributed by atoms with Crippen LogP contribution in [0.25, 0.3) is 94.4 Å². The number of pyridine rings is 1. The largest absolute Gasteiger partial charge is 0.501 e. The monoisotopic (exact) mass is 1150 g/mol. The minimum absolute atomic E-state index is 0. The maximum Gasteiger partial charge on any atom is 0.120 e. The fourth-order valence-electron chi connectivity index (χ4n) is 10.5. The molecule has 4 heterocycles. The average molecular weight is 1150 g/mol. The van der Waals surface area contributed by atoms with Crippen LogP contribution >= 0.6 is 0 Å². The van der Waals surface area contributed by atoms with Gasteiger partial charge in [-0.1, -0.05) is 177 Å². The van der Waals surface area contributed by atoms with Crippen molar-refractivity contribution in [1.29, 1.82) is 0 Å². The van der Waals surface area contributed by atoms with Gasteiger partial charge < -0.3 is 18.4 Å². The van der Waals surface area contributed by atoms with Gasteiger partial charge in [-0.2, -0.15) is 0 Å². The Morgan fingerprint density at radius 1 is 0.644 bits per heavy atom. The summed E-state index contributed by atoms with van der Waals surface area (Å²) in [6.45, 7) is 27.7. The molecule has 73 heavy (non-hydrogen) atoms. The number of para-hydroxylation sites is 3. The molecule has 1 radical (unpaired) electrons. The van der Waals surface area contributed by atoms with Crippen LogP contribution in [-0.4, -0.2) is 22.6 Å². The second-order valence-corrected chi connectivity index (χ2v) is 28.0. The molecular formula is C66H67IrN3O2Si-2. The standard InChI is InChI=1S/C42H41N2O.C24H26NOSi.Ir/c1-26(2)32-23-31(29-13-9-8-10-14-29)24-33(27(3)4)40(32)44-37-16-12-11-15-36(37)43-41(44)30-18-20-39-35(22-30)34-21-28(25-42(5,6)7)17-19-38(34)45-39;1-16(2)13-17-14-21(25-15-23(17)27(3,4)5)20-11-8-10-19-18-9-6-7-12-22(18)26-24(19)20;/h8-17,19-24,26-27H,25H2,1-7H3;6-10,12,14-16H,13H2,1-5H3;/q2*-1;. The van der Waals surface area contributed by atoms with E-state index < -0.39 is 8.07 Å². The molecule has 7 heteroatoms. The third-order valence-corrected chi connectivity index (χ3v) is 15.8. The van der Waals surface area contributed by atoms with Crippen LogP contribution in [0.4, 0.5) is 0 Å². The Kier molecular flexibility index (Phi) is 14.5. The molecule has 0 atom stereocenters. The molecule has 7 aromatic carbocycles. The molecule has 0 N–H and O–H groups in total. The van der Waals surface area contributed by atoms with Crippen LogP contribution in [-0.2, 0) is 32.9 Å². The van der Waals surface area contributed by atoms with Crippen molar-refractivity contribution >= 4 is 68.2 Å².